The Bertz CT molecular complexity index is 388. The Hall–Kier alpha value is -0.820. The first-order valence-electron chi connectivity index (χ1n) is 4.76. The van der Waals surface area contributed by atoms with Gasteiger partial charge >= 0.3 is 12.1 Å². The molecule has 0 saturated carbocycles. The molecule has 0 N–H and O–H groups in total. The second kappa shape index (κ2) is 7.58. The number of ether oxygens (including phenoxy) is 1. The van der Waals surface area contributed by atoms with E-state index in [9.17, 15) is 22.2 Å². The number of rotatable bonds is 5. The average Bonchev–Trinajstić information content (AvgIpc) is 2.23. The normalized spacial score (nSPS) is 15.4. The molecular weight excluding hydrogens is 293 g/mol. The minimum absolute atomic E-state index is 0.150. The van der Waals surface area contributed by atoms with Gasteiger partial charge in [0.15, 0.2) is 0 Å². The summed E-state index contributed by atoms with van der Waals surface area (Å²) in [5.74, 6) is -0.880. The van der Waals surface area contributed by atoms with Crippen LogP contribution in [-0.4, -0.2) is 28.7 Å². The number of esters is 1. The van der Waals surface area contributed by atoms with E-state index < -0.39 is 28.5 Å². The van der Waals surface area contributed by atoms with Gasteiger partial charge in [0.1, 0.15) is 11.0 Å². The van der Waals surface area contributed by atoms with E-state index in [1.54, 1.807) is 0 Å². The van der Waals surface area contributed by atoms with Crippen LogP contribution in [0.1, 0.15) is 13.8 Å². The molecule has 0 saturated heterocycles. The molecule has 0 amide bonds. The summed E-state index contributed by atoms with van der Waals surface area (Å²) >= 11 is 5.57. The van der Waals surface area contributed by atoms with Crippen molar-refractivity contribution >= 4 is 28.4 Å². The Kier molecular flexibility index (Phi) is 7.23. The standard InChI is InChI=1S/C10H12ClF3O3S/c1-7(10(12,13)14)4-6-18(16)9(11)3-5-17-8(2)15/h3-4H,5-6H2,1-2H3/b7-4-,9-3+. The molecule has 104 valence electrons. The van der Waals surface area contributed by atoms with Crippen molar-refractivity contribution in [2.75, 3.05) is 12.4 Å². The van der Waals surface area contributed by atoms with E-state index in [1.165, 1.54) is 13.0 Å². The van der Waals surface area contributed by atoms with Gasteiger partial charge < -0.3 is 4.74 Å². The molecule has 0 aromatic heterocycles. The third-order valence-corrected chi connectivity index (χ3v) is 3.48. The van der Waals surface area contributed by atoms with Crippen molar-refractivity contribution < 1.29 is 26.9 Å². The van der Waals surface area contributed by atoms with Crippen LogP contribution in [0.4, 0.5) is 13.2 Å². The number of hydrogen-bond donors (Lipinski definition) is 0. The molecular formula is C10H12ClF3O3S. The highest BCUT2D eigenvalue weighted by atomic mass is 35.5. The van der Waals surface area contributed by atoms with Crippen LogP contribution in [0.25, 0.3) is 0 Å². The fourth-order valence-corrected chi connectivity index (χ4v) is 1.78. The lowest BCUT2D eigenvalue weighted by Crippen LogP contribution is -2.10. The maximum Gasteiger partial charge on any atom is 0.412 e. The first-order chi connectivity index (χ1) is 8.14. The van der Waals surface area contributed by atoms with Crippen LogP contribution in [0.2, 0.25) is 0 Å². The largest absolute Gasteiger partial charge is 0.462 e. The molecule has 0 aromatic carbocycles. The smallest absolute Gasteiger partial charge is 0.412 e. The topological polar surface area (TPSA) is 43.4 Å². The van der Waals surface area contributed by atoms with Gasteiger partial charge in [0, 0.05) is 18.2 Å². The third-order valence-electron chi connectivity index (χ3n) is 1.74. The van der Waals surface area contributed by atoms with Gasteiger partial charge in [-0.15, -0.1) is 0 Å². The van der Waals surface area contributed by atoms with Gasteiger partial charge in [-0.25, -0.2) is 0 Å². The minimum atomic E-state index is -4.43. The summed E-state index contributed by atoms with van der Waals surface area (Å²) < 4.78 is 52.1. The number of hydrogen-bond acceptors (Lipinski definition) is 3. The van der Waals surface area contributed by atoms with Crippen LogP contribution in [0.3, 0.4) is 0 Å². The lowest BCUT2D eigenvalue weighted by molar-refractivity contribution is -0.139. The number of alkyl halides is 3. The van der Waals surface area contributed by atoms with Crippen molar-refractivity contribution in [3.8, 4) is 0 Å². The lowest BCUT2D eigenvalue weighted by Gasteiger charge is -2.05. The zero-order chi connectivity index (χ0) is 14.3. The molecule has 0 fully saturated rings. The summed E-state index contributed by atoms with van der Waals surface area (Å²) in [5, 5.41) is 0. The highest BCUT2D eigenvalue weighted by molar-refractivity contribution is 7.90. The molecule has 0 aliphatic carbocycles. The van der Waals surface area contributed by atoms with Crippen LogP contribution in [0.15, 0.2) is 22.1 Å². The van der Waals surface area contributed by atoms with Gasteiger partial charge in [0.2, 0.25) is 0 Å². The zero-order valence-electron chi connectivity index (χ0n) is 9.71. The number of halogens is 4. The second-order valence-corrected chi connectivity index (χ2v) is 5.30. The van der Waals surface area contributed by atoms with E-state index in [0.717, 1.165) is 13.0 Å². The molecule has 0 rings (SSSR count). The molecule has 1 atom stereocenters. The number of carbonyl (C=O) groups is 1. The predicted molar refractivity (Wildman–Crippen MR) is 63.4 cm³/mol. The summed E-state index contributed by atoms with van der Waals surface area (Å²) in [6, 6.07) is 0. The SMILES string of the molecule is CC(=O)OC/C=C(\Cl)S(=O)C/C=C(/C)C(F)(F)F. The van der Waals surface area contributed by atoms with Gasteiger partial charge in [-0.1, -0.05) is 17.7 Å². The van der Waals surface area contributed by atoms with Crippen molar-refractivity contribution in [3.63, 3.8) is 0 Å². The van der Waals surface area contributed by atoms with E-state index in [2.05, 4.69) is 4.74 Å². The van der Waals surface area contributed by atoms with Gasteiger partial charge in [-0.2, -0.15) is 13.2 Å². The highest BCUT2D eigenvalue weighted by Crippen LogP contribution is 2.24. The molecule has 0 bridgehead atoms. The van der Waals surface area contributed by atoms with E-state index in [4.69, 9.17) is 11.6 Å². The molecule has 8 heteroatoms. The number of carbonyl (C=O) groups excluding carboxylic acids is 1. The summed E-state index contributed by atoms with van der Waals surface area (Å²) in [6.07, 6.45) is -2.45. The lowest BCUT2D eigenvalue weighted by atomic mass is 10.3. The van der Waals surface area contributed by atoms with Crippen LogP contribution in [0, 0.1) is 0 Å². The monoisotopic (exact) mass is 304 g/mol. The van der Waals surface area contributed by atoms with E-state index >= 15 is 0 Å². The molecule has 0 aliphatic heterocycles. The molecule has 1 unspecified atom stereocenters. The maximum atomic E-state index is 12.1. The number of allylic oxidation sites excluding steroid dienone is 1. The molecule has 0 radical (unpaired) electrons. The molecule has 3 nitrogen and oxygen atoms in total. The summed E-state index contributed by atoms with van der Waals surface area (Å²) in [5.41, 5.74) is -0.833. The quantitative estimate of drug-likeness (QED) is 0.579. The van der Waals surface area contributed by atoms with Crippen LogP contribution < -0.4 is 0 Å². The van der Waals surface area contributed by atoms with Gasteiger partial charge in [-0.05, 0) is 13.0 Å². The zero-order valence-corrected chi connectivity index (χ0v) is 11.3. The van der Waals surface area contributed by atoms with Gasteiger partial charge in [0.25, 0.3) is 0 Å². The van der Waals surface area contributed by atoms with Crippen molar-refractivity contribution in [3.05, 3.63) is 22.1 Å². The van der Waals surface area contributed by atoms with E-state index in [0.29, 0.717) is 0 Å². The Labute approximate surface area is 110 Å². The second-order valence-electron chi connectivity index (χ2n) is 3.21. The molecule has 0 heterocycles. The summed E-state index contributed by atoms with van der Waals surface area (Å²) in [4.78, 5) is 10.4. The van der Waals surface area contributed by atoms with Crippen LogP contribution in [-0.2, 0) is 20.3 Å². The van der Waals surface area contributed by atoms with Crippen LogP contribution in [0.5, 0.6) is 0 Å². The van der Waals surface area contributed by atoms with Crippen molar-refractivity contribution in [1.29, 1.82) is 0 Å². The van der Waals surface area contributed by atoms with Crippen molar-refractivity contribution in [2.24, 2.45) is 0 Å². The highest BCUT2D eigenvalue weighted by Gasteiger charge is 2.29. The van der Waals surface area contributed by atoms with E-state index in [-0.39, 0.29) is 16.7 Å². The Morgan fingerprint density at radius 1 is 1.33 bits per heavy atom. The molecule has 0 aliphatic rings. The fourth-order valence-electron chi connectivity index (χ4n) is 0.714. The first kappa shape index (κ1) is 17.2. The summed E-state index contributed by atoms with van der Waals surface area (Å²) in [6.45, 7) is 1.91. The molecule has 18 heavy (non-hydrogen) atoms. The summed E-state index contributed by atoms with van der Waals surface area (Å²) in [7, 11) is -1.78. The van der Waals surface area contributed by atoms with Crippen molar-refractivity contribution in [1.82, 2.24) is 0 Å². The minimum Gasteiger partial charge on any atom is -0.462 e. The third kappa shape index (κ3) is 7.50. The molecule has 0 aromatic rings. The van der Waals surface area contributed by atoms with Gasteiger partial charge in [-0.3, -0.25) is 9.00 Å². The van der Waals surface area contributed by atoms with Gasteiger partial charge in [0.05, 0.1) is 10.8 Å². The van der Waals surface area contributed by atoms with Crippen LogP contribution >= 0.6 is 11.6 Å². The Balaban J connectivity index is 4.37. The maximum absolute atomic E-state index is 12.1. The molecule has 0 spiro atoms. The van der Waals surface area contributed by atoms with E-state index in [1.807, 2.05) is 0 Å². The Morgan fingerprint density at radius 3 is 2.33 bits per heavy atom. The van der Waals surface area contributed by atoms with Crippen molar-refractivity contribution in [2.45, 2.75) is 20.0 Å². The predicted octanol–water partition coefficient (Wildman–Crippen LogP) is 2.89. The average molecular weight is 305 g/mol. The fraction of sp³-hybridized carbons (Fsp3) is 0.500. The Morgan fingerprint density at radius 2 is 1.89 bits per heavy atom. The first-order valence-corrected chi connectivity index (χ1v) is 6.45.